The van der Waals surface area contributed by atoms with Gasteiger partial charge >= 0.3 is 0 Å². The Hall–Kier alpha value is -3.00. The van der Waals surface area contributed by atoms with Crippen LogP contribution in [0, 0.1) is 6.92 Å². The van der Waals surface area contributed by atoms with Crippen molar-refractivity contribution in [3.63, 3.8) is 0 Å². The molecule has 2 N–H and O–H groups in total. The van der Waals surface area contributed by atoms with Gasteiger partial charge in [0.05, 0.1) is 12.1 Å². The van der Waals surface area contributed by atoms with E-state index in [1.807, 2.05) is 25.1 Å². The summed E-state index contributed by atoms with van der Waals surface area (Å²) in [5.41, 5.74) is 1.54. The van der Waals surface area contributed by atoms with Gasteiger partial charge in [-0.15, -0.1) is 0 Å². The molecular weight excluding hydrogens is 354 g/mol. The Labute approximate surface area is 164 Å². The highest BCUT2D eigenvalue weighted by atomic mass is 16.3. The van der Waals surface area contributed by atoms with Crippen molar-refractivity contribution < 1.29 is 5.11 Å². The van der Waals surface area contributed by atoms with Gasteiger partial charge in [0, 0.05) is 44.4 Å². The highest BCUT2D eigenvalue weighted by Gasteiger charge is 2.20. The minimum atomic E-state index is 0.197. The number of para-hydroxylation sites is 1. The molecule has 4 rings (SSSR count). The van der Waals surface area contributed by atoms with Gasteiger partial charge < -0.3 is 10.0 Å². The lowest BCUT2D eigenvalue weighted by Gasteiger charge is -2.35. The van der Waals surface area contributed by atoms with Crippen LogP contribution in [0.15, 0.2) is 30.3 Å². The van der Waals surface area contributed by atoms with E-state index in [1.54, 1.807) is 12.1 Å². The summed E-state index contributed by atoms with van der Waals surface area (Å²) in [6, 6.07) is 9.18. The minimum Gasteiger partial charge on any atom is -0.507 e. The number of aromatic amines is 1. The van der Waals surface area contributed by atoms with Crippen molar-refractivity contribution in [1.82, 2.24) is 30.0 Å². The van der Waals surface area contributed by atoms with Gasteiger partial charge in [0.2, 0.25) is 0 Å². The zero-order valence-corrected chi connectivity index (χ0v) is 16.3. The number of H-pyrrole nitrogens is 1. The molecule has 0 radical (unpaired) electrons. The smallest absolute Gasteiger partial charge is 0.165 e. The molecule has 0 aliphatic carbocycles. The van der Waals surface area contributed by atoms with Gasteiger partial charge in [0.1, 0.15) is 23.2 Å². The van der Waals surface area contributed by atoms with E-state index in [2.05, 4.69) is 36.9 Å². The normalized spacial score (nSPS) is 15.1. The van der Waals surface area contributed by atoms with Crippen LogP contribution in [0.1, 0.15) is 24.3 Å². The highest BCUT2D eigenvalue weighted by molar-refractivity contribution is 5.65. The number of hydrogen-bond donors (Lipinski definition) is 2. The molecular formula is C20H25N7O. The number of nitrogens with zero attached hydrogens (tertiary/aromatic N) is 6. The topological polar surface area (TPSA) is 94.1 Å². The van der Waals surface area contributed by atoms with Crippen LogP contribution in [0.25, 0.3) is 11.4 Å². The number of aromatic nitrogens is 5. The molecule has 1 aromatic carbocycles. The molecule has 8 heteroatoms. The van der Waals surface area contributed by atoms with Crippen molar-refractivity contribution in [3.8, 4) is 17.1 Å². The number of aromatic hydroxyl groups is 1. The Morgan fingerprint density at radius 2 is 1.86 bits per heavy atom. The number of piperazine rings is 1. The first kappa shape index (κ1) is 18.4. The highest BCUT2D eigenvalue weighted by Crippen LogP contribution is 2.28. The molecule has 0 amide bonds. The Bertz CT molecular complexity index is 947. The molecule has 28 heavy (non-hydrogen) atoms. The van der Waals surface area contributed by atoms with E-state index < -0.39 is 0 Å². The number of rotatable bonds is 5. The number of phenolic OH excluding ortho intramolecular Hbond substituents is 1. The zero-order chi connectivity index (χ0) is 19.5. The second-order valence-corrected chi connectivity index (χ2v) is 7.02. The lowest BCUT2D eigenvalue weighted by Crippen LogP contribution is -2.46. The summed E-state index contributed by atoms with van der Waals surface area (Å²) < 4.78 is 0. The number of hydrogen-bond acceptors (Lipinski definition) is 7. The van der Waals surface area contributed by atoms with Crippen LogP contribution >= 0.6 is 0 Å². The lowest BCUT2D eigenvalue weighted by atomic mass is 10.2. The van der Waals surface area contributed by atoms with Crippen LogP contribution < -0.4 is 4.90 Å². The number of aryl methyl sites for hydroxylation is 2. The van der Waals surface area contributed by atoms with Gasteiger partial charge in [-0.3, -0.25) is 10.00 Å². The van der Waals surface area contributed by atoms with Crippen LogP contribution in [0.4, 0.5) is 5.82 Å². The third kappa shape index (κ3) is 3.96. The molecule has 8 nitrogen and oxygen atoms in total. The van der Waals surface area contributed by atoms with E-state index in [0.717, 1.165) is 62.3 Å². The fraction of sp³-hybridized carbons (Fsp3) is 0.400. The Kier molecular flexibility index (Phi) is 5.21. The van der Waals surface area contributed by atoms with Crippen molar-refractivity contribution in [2.24, 2.45) is 0 Å². The maximum atomic E-state index is 10.1. The van der Waals surface area contributed by atoms with Gasteiger partial charge in [-0.25, -0.2) is 15.0 Å². The van der Waals surface area contributed by atoms with Crippen molar-refractivity contribution in [2.75, 3.05) is 31.1 Å². The summed E-state index contributed by atoms with van der Waals surface area (Å²) >= 11 is 0. The SMILES string of the molecule is CCc1n[nH]c(CN2CCN(c3cc(C)nc(-c4ccccc4O)n3)CC2)n1. The zero-order valence-electron chi connectivity index (χ0n) is 16.3. The van der Waals surface area contributed by atoms with Crippen LogP contribution in [-0.4, -0.2) is 61.3 Å². The van der Waals surface area contributed by atoms with Gasteiger partial charge in [-0.2, -0.15) is 5.10 Å². The monoisotopic (exact) mass is 379 g/mol. The fourth-order valence-electron chi connectivity index (χ4n) is 3.41. The van der Waals surface area contributed by atoms with E-state index in [0.29, 0.717) is 11.4 Å². The second kappa shape index (κ2) is 7.93. The molecule has 1 aliphatic rings. The molecule has 0 unspecified atom stereocenters. The first-order valence-electron chi connectivity index (χ1n) is 9.64. The number of phenols is 1. The van der Waals surface area contributed by atoms with Gasteiger partial charge in [-0.1, -0.05) is 19.1 Å². The molecule has 3 aromatic rings. The molecule has 2 aromatic heterocycles. The van der Waals surface area contributed by atoms with Gasteiger partial charge in [0.15, 0.2) is 5.82 Å². The second-order valence-electron chi connectivity index (χ2n) is 7.02. The summed E-state index contributed by atoms with van der Waals surface area (Å²) in [5.74, 6) is 3.44. The largest absolute Gasteiger partial charge is 0.507 e. The molecule has 0 atom stereocenters. The predicted molar refractivity (Wildman–Crippen MR) is 107 cm³/mol. The first-order chi connectivity index (χ1) is 13.6. The van der Waals surface area contributed by atoms with E-state index >= 15 is 0 Å². The lowest BCUT2D eigenvalue weighted by molar-refractivity contribution is 0.243. The molecule has 0 spiro atoms. The number of nitrogens with one attached hydrogen (secondary N) is 1. The number of benzene rings is 1. The van der Waals surface area contributed by atoms with E-state index in [4.69, 9.17) is 4.98 Å². The molecule has 0 saturated carbocycles. The van der Waals surface area contributed by atoms with E-state index in [-0.39, 0.29) is 5.75 Å². The van der Waals surface area contributed by atoms with Crippen LogP contribution in [0.5, 0.6) is 5.75 Å². The van der Waals surface area contributed by atoms with Gasteiger partial charge in [-0.05, 0) is 19.1 Å². The summed E-state index contributed by atoms with van der Waals surface area (Å²) in [6.45, 7) is 8.41. The summed E-state index contributed by atoms with van der Waals surface area (Å²) in [4.78, 5) is 18.4. The van der Waals surface area contributed by atoms with Crippen molar-refractivity contribution >= 4 is 5.82 Å². The Morgan fingerprint density at radius 1 is 1.07 bits per heavy atom. The van der Waals surface area contributed by atoms with Crippen LogP contribution in [0.2, 0.25) is 0 Å². The average molecular weight is 379 g/mol. The summed E-state index contributed by atoms with van der Waals surface area (Å²) in [5, 5.41) is 17.4. The Balaban J connectivity index is 1.45. The van der Waals surface area contributed by atoms with E-state index in [9.17, 15) is 5.11 Å². The average Bonchev–Trinajstić information content (AvgIpc) is 3.16. The fourth-order valence-corrected chi connectivity index (χ4v) is 3.41. The van der Waals surface area contributed by atoms with E-state index in [1.165, 1.54) is 0 Å². The molecule has 146 valence electrons. The third-order valence-corrected chi connectivity index (χ3v) is 4.95. The predicted octanol–water partition coefficient (Wildman–Crippen LogP) is 2.16. The van der Waals surface area contributed by atoms with Gasteiger partial charge in [0.25, 0.3) is 0 Å². The summed E-state index contributed by atoms with van der Waals surface area (Å²) in [6.07, 6.45) is 0.844. The maximum Gasteiger partial charge on any atom is 0.165 e. The Morgan fingerprint density at radius 3 is 2.57 bits per heavy atom. The minimum absolute atomic E-state index is 0.197. The summed E-state index contributed by atoms with van der Waals surface area (Å²) in [7, 11) is 0. The van der Waals surface area contributed by atoms with Crippen LogP contribution in [-0.2, 0) is 13.0 Å². The van der Waals surface area contributed by atoms with Crippen molar-refractivity contribution in [2.45, 2.75) is 26.8 Å². The van der Waals surface area contributed by atoms with Crippen molar-refractivity contribution in [3.05, 3.63) is 47.7 Å². The molecule has 0 bridgehead atoms. The molecule has 3 heterocycles. The standard InChI is InChI=1S/C20H25N7O/c1-3-17-22-18(25-24-17)13-26-8-10-27(11-9-26)19-12-14(2)21-20(23-19)15-6-4-5-7-16(15)28/h4-7,12,28H,3,8-11,13H2,1-2H3,(H,22,24,25). The molecule has 1 fully saturated rings. The third-order valence-electron chi connectivity index (χ3n) is 4.95. The quantitative estimate of drug-likeness (QED) is 0.701. The first-order valence-corrected chi connectivity index (χ1v) is 9.64. The molecule has 1 aliphatic heterocycles. The molecule has 1 saturated heterocycles. The van der Waals surface area contributed by atoms with Crippen LogP contribution in [0.3, 0.4) is 0 Å². The number of anilines is 1. The maximum absolute atomic E-state index is 10.1. The van der Waals surface area contributed by atoms with Crippen molar-refractivity contribution in [1.29, 1.82) is 0 Å².